The van der Waals surface area contributed by atoms with Crippen molar-refractivity contribution in [1.29, 1.82) is 0 Å². The molecule has 0 radical (unpaired) electrons. The number of aryl methyl sites for hydroxylation is 2. The van der Waals surface area contributed by atoms with Gasteiger partial charge in [0.25, 0.3) is 0 Å². The van der Waals surface area contributed by atoms with E-state index in [9.17, 15) is 13.5 Å². The van der Waals surface area contributed by atoms with Gasteiger partial charge in [0.1, 0.15) is 0 Å². The van der Waals surface area contributed by atoms with E-state index in [0.717, 1.165) is 5.69 Å². The van der Waals surface area contributed by atoms with Crippen LogP contribution in [0.3, 0.4) is 0 Å². The summed E-state index contributed by atoms with van der Waals surface area (Å²) in [6.07, 6.45) is 1.98. The van der Waals surface area contributed by atoms with Crippen molar-refractivity contribution in [2.45, 2.75) is 25.9 Å². The SMILES string of the molecule is CCc1nn(C)cc1C(O)C1(CN)CCS(=O)(=O)C1. The van der Waals surface area contributed by atoms with Crippen molar-refractivity contribution in [1.82, 2.24) is 9.78 Å². The highest BCUT2D eigenvalue weighted by Crippen LogP contribution is 2.43. The van der Waals surface area contributed by atoms with Gasteiger partial charge in [-0.1, -0.05) is 6.92 Å². The van der Waals surface area contributed by atoms with Crippen LogP contribution in [0.15, 0.2) is 6.20 Å². The van der Waals surface area contributed by atoms with Crippen LogP contribution < -0.4 is 5.73 Å². The molecule has 1 fully saturated rings. The number of aliphatic hydroxyl groups is 1. The van der Waals surface area contributed by atoms with Gasteiger partial charge < -0.3 is 10.8 Å². The maximum absolute atomic E-state index is 11.7. The van der Waals surface area contributed by atoms with E-state index in [4.69, 9.17) is 5.73 Å². The number of hydrogen-bond acceptors (Lipinski definition) is 5. The third-order valence-electron chi connectivity index (χ3n) is 3.97. The summed E-state index contributed by atoms with van der Waals surface area (Å²) < 4.78 is 25.1. The molecule has 3 N–H and O–H groups in total. The molecule has 108 valence electrons. The summed E-state index contributed by atoms with van der Waals surface area (Å²) >= 11 is 0. The van der Waals surface area contributed by atoms with Crippen LogP contribution in [0.5, 0.6) is 0 Å². The van der Waals surface area contributed by atoms with Crippen molar-refractivity contribution in [3.63, 3.8) is 0 Å². The van der Waals surface area contributed by atoms with Crippen LogP contribution in [0.25, 0.3) is 0 Å². The van der Waals surface area contributed by atoms with E-state index < -0.39 is 21.4 Å². The zero-order valence-corrected chi connectivity index (χ0v) is 12.2. The topological polar surface area (TPSA) is 98.2 Å². The number of hydrogen-bond donors (Lipinski definition) is 2. The standard InChI is InChI=1S/C12H21N3O3S/c1-3-10-9(6-15(2)14-10)11(16)12(7-13)4-5-19(17,18)8-12/h6,11,16H,3-5,7-8,13H2,1-2H3. The highest BCUT2D eigenvalue weighted by atomic mass is 32.2. The molecule has 0 aromatic carbocycles. The molecule has 6 nitrogen and oxygen atoms in total. The van der Waals surface area contributed by atoms with Crippen LogP contribution >= 0.6 is 0 Å². The molecule has 0 bridgehead atoms. The molecule has 0 amide bonds. The van der Waals surface area contributed by atoms with E-state index in [0.29, 0.717) is 18.4 Å². The summed E-state index contributed by atoms with van der Waals surface area (Å²) in [6, 6.07) is 0. The third kappa shape index (κ3) is 2.54. The lowest BCUT2D eigenvalue weighted by atomic mass is 9.78. The Morgan fingerprint density at radius 1 is 1.63 bits per heavy atom. The Hall–Kier alpha value is -0.920. The zero-order chi connectivity index (χ0) is 14.3. The first-order valence-electron chi connectivity index (χ1n) is 6.44. The highest BCUT2D eigenvalue weighted by molar-refractivity contribution is 7.91. The van der Waals surface area contributed by atoms with Crippen LogP contribution in [0.1, 0.15) is 30.7 Å². The predicted octanol–water partition coefficient (Wildman–Crippen LogP) is -0.220. The molecular weight excluding hydrogens is 266 g/mol. The van der Waals surface area contributed by atoms with Crippen LogP contribution in [0, 0.1) is 5.41 Å². The van der Waals surface area contributed by atoms with Gasteiger partial charge in [0.15, 0.2) is 9.84 Å². The Labute approximate surface area is 113 Å². The van der Waals surface area contributed by atoms with Gasteiger partial charge in [-0.2, -0.15) is 5.10 Å². The molecule has 7 heteroatoms. The van der Waals surface area contributed by atoms with Crippen LogP contribution in [-0.4, -0.2) is 41.4 Å². The maximum atomic E-state index is 11.7. The van der Waals surface area contributed by atoms with Crippen molar-refractivity contribution >= 4 is 9.84 Å². The van der Waals surface area contributed by atoms with Crippen molar-refractivity contribution in [2.24, 2.45) is 18.2 Å². The average Bonchev–Trinajstić information content (AvgIpc) is 2.89. The lowest BCUT2D eigenvalue weighted by Gasteiger charge is -2.31. The van der Waals surface area contributed by atoms with E-state index in [1.807, 2.05) is 6.92 Å². The first-order valence-corrected chi connectivity index (χ1v) is 8.26. The number of nitrogens with zero attached hydrogens (tertiary/aromatic N) is 2. The average molecular weight is 287 g/mol. The van der Waals surface area contributed by atoms with Crippen molar-refractivity contribution in [2.75, 3.05) is 18.1 Å². The van der Waals surface area contributed by atoms with E-state index in [1.54, 1.807) is 17.9 Å². The molecular formula is C12H21N3O3S. The molecule has 0 spiro atoms. The smallest absolute Gasteiger partial charge is 0.151 e. The number of nitrogens with two attached hydrogens (primary N) is 1. The fourth-order valence-corrected chi connectivity index (χ4v) is 4.97. The summed E-state index contributed by atoms with van der Waals surface area (Å²) in [5.74, 6) is 0.0543. The lowest BCUT2D eigenvalue weighted by molar-refractivity contribution is 0.0464. The van der Waals surface area contributed by atoms with Gasteiger partial charge in [-0.25, -0.2) is 8.42 Å². The molecule has 2 heterocycles. The van der Waals surface area contributed by atoms with Gasteiger partial charge in [-0.05, 0) is 12.8 Å². The lowest BCUT2D eigenvalue weighted by Crippen LogP contribution is -2.38. The maximum Gasteiger partial charge on any atom is 0.151 e. The Morgan fingerprint density at radius 3 is 2.79 bits per heavy atom. The minimum absolute atomic E-state index is 0.0459. The largest absolute Gasteiger partial charge is 0.388 e. The van der Waals surface area contributed by atoms with Crippen LogP contribution in [-0.2, 0) is 23.3 Å². The quantitative estimate of drug-likeness (QED) is 0.798. The van der Waals surface area contributed by atoms with Gasteiger partial charge in [0, 0.05) is 30.8 Å². The molecule has 2 unspecified atom stereocenters. The number of rotatable bonds is 4. The second-order valence-corrected chi connectivity index (χ2v) is 7.55. The van der Waals surface area contributed by atoms with Gasteiger partial charge in [-0.15, -0.1) is 0 Å². The first kappa shape index (κ1) is 14.5. The van der Waals surface area contributed by atoms with Crippen molar-refractivity contribution in [3.05, 3.63) is 17.5 Å². The Morgan fingerprint density at radius 2 is 2.32 bits per heavy atom. The molecule has 1 aliphatic rings. The Kier molecular flexibility index (Phi) is 3.72. The highest BCUT2D eigenvalue weighted by Gasteiger charge is 2.47. The number of aromatic nitrogens is 2. The predicted molar refractivity (Wildman–Crippen MR) is 72.3 cm³/mol. The van der Waals surface area contributed by atoms with E-state index >= 15 is 0 Å². The van der Waals surface area contributed by atoms with Gasteiger partial charge in [-0.3, -0.25) is 4.68 Å². The van der Waals surface area contributed by atoms with E-state index in [1.165, 1.54) is 0 Å². The second kappa shape index (κ2) is 4.88. The zero-order valence-electron chi connectivity index (χ0n) is 11.3. The fourth-order valence-electron chi connectivity index (χ4n) is 2.82. The molecule has 1 aromatic heterocycles. The first-order chi connectivity index (χ1) is 8.83. The Bertz CT molecular complexity index is 567. The molecule has 0 aliphatic carbocycles. The number of aliphatic hydroxyl groups excluding tert-OH is 1. The molecule has 2 atom stereocenters. The summed E-state index contributed by atoms with van der Waals surface area (Å²) in [4.78, 5) is 0. The number of sulfone groups is 1. The minimum atomic E-state index is -3.10. The van der Waals surface area contributed by atoms with Gasteiger partial charge >= 0.3 is 0 Å². The summed E-state index contributed by atoms with van der Waals surface area (Å²) in [5.41, 5.74) is 6.50. The summed E-state index contributed by atoms with van der Waals surface area (Å²) in [7, 11) is -1.31. The van der Waals surface area contributed by atoms with Crippen molar-refractivity contribution in [3.8, 4) is 0 Å². The molecule has 2 rings (SSSR count). The summed E-state index contributed by atoms with van der Waals surface area (Å²) in [5, 5.41) is 14.9. The molecule has 1 aliphatic heterocycles. The monoisotopic (exact) mass is 287 g/mol. The summed E-state index contributed by atoms with van der Waals surface area (Å²) in [6.45, 7) is 2.12. The van der Waals surface area contributed by atoms with Crippen LogP contribution in [0.4, 0.5) is 0 Å². The van der Waals surface area contributed by atoms with Gasteiger partial charge in [0.05, 0.1) is 23.3 Å². The third-order valence-corrected chi connectivity index (χ3v) is 5.81. The fraction of sp³-hybridized carbons (Fsp3) is 0.750. The minimum Gasteiger partial charge on any atom is -0.388 e. The Balaban J connectivity index is 2.39. The van der Waals surface area contributed by atoms with Crippen molar-refractivity contribution < 1.29 is 13.5 Å². The molecule has 1 aromatic rings. The molecule has 1 saturated heterocycles. The molecule has 0 saturated carbocycles. The molecule has 19 heavy (non-hydrogen) atoms. The van der Waals surface area contributed by atoms with Gasteiger partial charge in [0.2, 0.25) is 0 Å². The van der Waals surface area contributed by atoms with Crippen LogP contribution in [0.2, 0.25) is 0 Å². The second-order valence-electron chi connectivity index (χ2n) is 5.37. The van der Waals surface area contributed by atoms with E-state index in [2.05, 4.69) is 5.10 Å². The van der Waals surface area contributed by atoms with E-state index in [-0.39, 0.29) is 18.1 Å². The normalized spacial score (nSPS) is 27.6.